The van der Waals surface area contributed by atoms with E-state index >= 15 is 0 Å². The molecule has 1 N–H and O–H groups in total. The summed E-state index contributed by atoms with van der Waals surface area (Å²) in [6.07, 6.45) is 4.33. The van der Waals surface area contributed by atoms with Crippen molar-refractivity contribution in [2.45, 2.75) is 20.3 Å². The Labute approximate surface area is 169 Å². The van der Waals surface area contributed by atoms with Crippen LogP contribution in [-0.4, -0.2) is 18.0 Å². The summed E-state index contributed by atoms with van der Waals surface area (Å²) >= 11 is 1.42. The molecule has 0 aliphatic carbocycles. The van der Waals surface area contributed by atoms with E-state index in [9.17, 15) is 4.79 Å². The molecule has 0 saturated carbocycles. The van der Waals surface area contributed by atoms with Crippen LogP contribution in [-0.2, 0) is 11.2 Å². The largest absolute Gasteiger partial charge is 0.497 e. The van der Waals surface area contributed by atoms with Gasteiger partial charge in [0.05, 0.1) is 12.8 Å². The number of carbonyl (C=O) groups is 1. The highest BCUT2D eigenvalue weighted by molar-refractivity contribution is 7.14. The van der Waals surface area contributed by atoms with Crippen LogP contribution in [0.1, 0.15) is 25.0 Å². The van der Waals surface area contributed by atoms with E-state index in [0.717, 1.165) is 29.0 Å². The molecule has 1 heterocycles. The van der Waals surface area contributed by atoms with Gasteiger partial charge >= 0.3 is 0 Å². The topological polar surface area (TPSA) is 51.2 Å². The summed E-state index contributed by atoms with van der Waals surface area (Å²) < 4.78 is 5.13. The van der Waals surface area contributed by atoms with Crippen molar-refractivity contribution in [2.24, 2.45) is 5.92 Å². The van der Waals surface area contributed by atoms with Crippen LogP contribution in [0.4, 0.5) is 5.13 Å². The normalized spacial score (nSPS) is 11.1. The molecule has 4 nitrogen and oxygen atoms in total. The average molecular weight is 393 g/mol. The molecule has 5 heteroatoms. The van der Waals surface area contributed by atoms with Crippen LogP contribution >= 0.6 is 11.3 Å². The van der Waals surface area contributed by atoms with Gasteiger partial charge in [-0.25, -0.2) is 4.98 Å². The predicted molar refractivity (Wildman–Crippen MR) is 117 cm³/mol. The summed E-state index contributed by atoms with van der Waals surface area (Å²) in [5.74, 6) is 1.22. The van der Waals surface area contributed by atoms with Crippen LogP contribution in [0.15, 0.2) is 60.0 Å². The van der Waals surface area contributed by atoms with Gasteiger partial charge in [0.15, 0.2) is 5.13 Å². The number of hydrogen-bond acceptors (Lipinski definition) is 4. The Kier molecular flexibility index (Phi) is 6.61. The van der Waals surface area contributed by atoms with Crippen molar-refractivity contribution >= 4 is 28.5 Å². The maximum atomic E-state index is 12.1. The quantitative estimate of drug-likeness (QED) is 0.527. The first-order valence-electron chi connectivity index (χ1n) is 9.21. The molecule has 3 rings (SSSR count). The van der Waals surface area contributed by atoms with Gasteiger partial charge in [-0.3, -0.25) is 10.1 Å². The zero-order chi connectivity index (χ0) is 19.9. The maximum Gasteiger partial charge on any atom is 0.250 e. The van der Waals surface area contributed by atoms with Crippen LogP contribution in [0, 0.1) is 5.92 Å². The molecule has 0 saturated heterocycles. The molecule has 0 bridgehead atoms. The van der Waals surface area contributed by atoms with Crippen LogP contribution in [0.3, 0.4) is 0 Å². The van der Waals surface area contributed by atoms with Gasteiger partial charge in [0.25, 0.3) is 0 Å². The van der Waals surface area contributed by atoms with Crippen molar-refractivity contribution in [3.05, 3.63) is 71.1 Å². The molecule has 2 aromatic carbocycles. The van der Waals surface area contributed by atoms with E-state index in [1.165, 1.54) is 23.0 Å². The second kappa shape index (κ2) is 9.33. The van der Waals surface area contributed by atoms with Crippen LogP contribution < -0.4 is 10.1 Å². The van der Waals surface area contributed by atoms with Crippen LogP contribution in [0.5, 0.6) is 5.75 Å². The zero-order valence-electron chi connectivity index (χ0n) is 16.3. The molecule has 0 atom stereocenters. The Balaban J connectivity index is 1.60. The summed E-state index contributed by atoms with van der Waals surface area (Å²) in [5.41, 5.74) is 4.18. The van der Waals surface area contributed by atoms with Crippen LogP contribution in [0.2, 0.25) is 0 Å². The zero-order valence-corrected chi connectivity index (χ0v) is 17.1. The number of methoxy groups -OCH3 is 1. The van der Waals surface area contributed by atoms with Crippen LogP contribution in [0.25, 0.3) is 17.3 Å². The fourth-order valence-electron chi connectivity index (χ4n) is 2.78. The molecular weight excluding hydrogens is 368 g/mol. The second-order valence-electron chi connectivity index (χ2n) is 6.93. The van der Waals surface area contributed by atoms with Crippen molar-refractivity contribution in [2.75, 3.05) is 12.4 Å². The number of ether oxygens (including phenoxy) is 1. The fraction of sp³-hybridized carbons (Fsp3) is 0.217. The Bertz CT molecular complexity index is 941. The monoisotopic (exact) mass is 392 g/mol. The number of rotatable bonds is 7. The number of anilines is 1. The van der Waals surface area contributed by atoms with Gasteiger partial charge < -0.3 is 4.74 Å². The van der Waals surface area contributed by atoms with E-state index in [2.05, 4.69) is 48.4 Å². The molecule has 0 spiro atoms. The van der Waals surface area contributed by atoms with Gasteiger partial charge in [0, 0.05) is 17.0 Å². The Hall–Kier alpha value is -2.92. The molecule has 0 aliphatic heterocycles. The highest BCUT2D eigenvalue weighted by Crippen LogP contribution is 2.25. The standard InChI is InChI=1S/C23H24N2O2S/c1-16(2)14-18-4-9-19(10-5-18)21-15-28-23(24-21)25-22(26)13-8-17-6-11-20(27-3)12-7-17/h4-13,15-16H,14H2,1-3H3,(H,24,25,26). The van der Waals surface area contributed by atoms with E-state index < -0.39 is 0 Å². The van der Waals surface area contributed by atoms with E-state index in [1.807, 2.05) is 29.6 Å². The molecule has 1 amide bonds. The van der Waals surface area contributed by atoms with E-state index in [4.69, 9.17) is 4.74 Å². The summed E-state index contributed by atoms with van der Waals surface area (Å²) in [7, 11) is 1.63. The summed E-state index contributed by atoms with van der Waals surface area (Å²) in [6.45, 7) is 4.43. The number of hydrogen-bond donors (Lipinski definition) is 1. The number of nitrogens with one attached hydrogen (secondary N) is 1. The third kappa shape index (κ3) is 5.54. The lowest BCUT2D eigenvalue weighted by atomic mass is 10.0. The van der Waals surface area contributed by atoms with Crippen molar-refractivity contribution in [3.63, 3.8) is 0 Å². The molecule has 3 aromatic rings. The van der Waals surface area contributed by atoms with Gasteiger partial charge in [-0.1, -0.05) is 50.2 Å². The minimum absolute atomic E-state index is 0.205. The van der Waals surface area contributed by atoms with E-state index in [-0.39, 0.29) is 5.91 Å². The van der Waals surface area contributed by atoms with E-state index in [0.29, 0.717) is 11.0 Å². The van der Waals surface area contributed by atoms with Crippen molar-refractivity contribution in [1.82, 2.24) is 4.98 Å². The molecule has 144 valence electrons. The lowest BCUT2D eigenvalue weighted by Crippen LogP contribution is -2.07. The number of nitrogens with zero attached hydrogens (tertiary/aromatic N) is 1. The van der Waals surface area contributed by atoms with Gasteiger partial charge in [-0.05, 0) is 41.7 Å². The number of aromatic nitrogens is 1. The van der Waals surface area contributed by atoms with E-state index in [1.54, 1.807) is 13.2 Å². The number of thiazole rings is 1. The minimum Gasteiger partial charge on any atom is -0.497 e. The first-order chi connectivity index (χ1) is 13.5. The number of amides is 1. The number of benzene rings is 2. The fourth-order valence-corrected chi connectivity index (χ4v) is 3.50. The second-order valence-corrected chi connectivity index (χ2v) is 7.79. The molecule has 28 heavy (non-hydrogen) atoms. The smallest absolute Gasteiger partial charge is 0.250 e. The molecule has 0 radical (unpaired) electrons. The van der Waals surface area contributed by atoms with Gasteiger partial charge in [-0.2, -0.15) is 0 Å². The third-order valence-corrected chi connectivity index (χ3v) is 4.93. The third-order valence-electron chi connectivity index (χ3n) is 4.17. The van der Waals surface area contributed by atoms with Gasteiger partial charge in [0.2, 0.25) is 5.91 Å². The average Bonchev–Trinajstić information content (AvgIpc) is 3.15. The molecular formula is C23H24N2O2S. The van der Waals surface area contributed by atoms with Crippen molar-refractivity contribution in [3.8, 4) is 17.0 Å². The lowest BCUT2D eigenvalue weighted by molar-refractivity contribution is -0.111. The molecule has 0 unspecified atom stereocenters. The first kappa shape index (κ1) is 19.8. The Morgan fingerprint density at radius 3 is 2.50 bits per heavy atom. The summed E-state index contributed by atoms with van der Waals surface area (Å²) in [6, 6.07) is 16.0. The maximum absolute atomic E-state index is 12.1. The SMILES string of the molecule is COc1ccc(C=CC(=O)Nc2nc(-c3ccc(CC(C)C)cc3)cs2)cc1. The Morgan fingerprint density at radius 1 is 1.14 bits per heavy atom. The summed E-state index contributed by atoms with van der Waals surface area (Å²) in [4.78, 5) is 16.7. The minimum atomic E-state index is -0.205. The molecule has 1 aromatic heterocycles. The number of carbonyl (C=O) groups excluding carboxylic acids is 1. The molecule has 0 fully saturated rings. The highest BCUT2D eigenvalue weighted by atomic mass is 32.1. The van der Waals surface area contributed by atoms with Gasteiger partial charge in [0.1, 0.15) is 5.75 Å². The predicted octanol–water partition coefficient (Wildman–Crippen LogP) is 5.67. The van der Waals surface area contributed by atoms with Gasteiger partial charge in [-0.15, -0.1) is 11.3 Å². The highest BCUT2D eigenvalue weighted by Gasteiger charge is 2.07. The summed E-state index contributed by atoms with van der Waals surface area (Å²) in [5, 5.41) is 5.37. The first-order valence-corrected chi connectivity index (χ1v) is 10.1. The molecule has 0 aliphatic rings. The Morgan fingerprint density at radius 2 is 1.86 bits per heavy atom. The lowest BCUT2D eigenvalue weighted by Gasteiger charge is -2.05. The van der Waals surface area contributed by atoms with Crippen molar-refractivity contribution in [1.29, 1.82) is 0 Å². The van der Waals surface area contributed by atoms with Crippen molar-refractivity contribution < 1.29 is 9.53 Å².